The summed E-state index contributed by atoms with van der Waals surface area (Å²) in [5, 5.41) is 0. The lowest BCUT2D eigenvalue weighted by molar-refractivity contribution is 0.133. The van der Waals surface area contributed by atoms with Gasteiger partial charge in [-0.25, -0.2) is 4.39 Å². The molecule has 3 heteroatoms. The molecule has 0 aromatic heterocycles. The Hall–Kier alpha value is -1.09. The summed E-state index contributed by atoms with van der Waals surface area (Å²) in [5.41, 5.74) is 1.86. The normalized spacial score (nSPS) is 24.0. The minimum atomic E-state index is -0.0633. The number of benzene rings is 1. The Morgan fingerprint density at radius 3 is 2.62 bits per heavy atom. The quantitative estimate of drug-likeness (QED) is 0.776. The van der Waals surface area contributed by atoms with Crippen molar-refractivity contribution in [3.05, 3.63) is 29.6 Å². The predicted molar refractivity (Wildman–Crippen MR) is 86.5 cm³/mol. The Morgan fingerprint density at radius 2 is 1.90 bits per heavy atom. The number of nitrogens with zero attached hydrogens (tertiary/aromatic N) is 2. The number of hydrogen-bond acceptors (Lipinski definition) is 2. The van der Waals surface area contributed by atoms with Crippen LogP contribution in [0.2, 0.25) is 0 Å². The molecule has 1 aromatic rings. The largest absolute Gasteiger partial charge is 0.366 e. The van der Waals surface area contributed by atoms with Gasteiger partial charge >= 0.3 is 0 Å². The van der Waals surface area contributed by atoms with Gasteiger partial charge in [0.1, 0.15) is 5.82 Å². The highest BCUT2D eigenvalue weighted by Gasteiger charge is 2.30. The smallest absolute Gasteiger partial charge is 0.146 e. The minimum Gasteiger partial charge on any atom is -0.366 e. The fraction of sp³-hybridized carbons (Fsp3) is 0.667. The summed E-state index contributed by atoms with van der Waals surface area (Å²) < 4.78 is 14.5. The molecule has 2 aliphatic heterocycles. The molecule has 2 fully saturated rings. The molecule has 2 heterocycles. The van der Waals surface area contributed by atoms with Crippen LogP contribution in [0.3, 0.4) is 0 Å². The molecule has 0 saturated carbocycles. The van der Waals surface area contributed by atoms with E-state index in [-0.39, 0.29) is 11.2 Å². The lowest BCUT2D eigenvalue weighted by Crippen LogP contribution is -2.55. The Bertz CT molecular complexity index is 506. The monoisotopic (exact) mass is 290 g/mol. The molecular weight excluding hydrogens is 263 g/mol. The third-order valence-corrected chi connectivity index (χ3v) is 4.99. The van der Waals surface area contributed by atoms with Gasteiger partial charge in [-0.3, -0.25) is 4.90 Å². The lowest BCUT2D eigenvalue weighted by atomic mass is 9.87. The maximum atomic E-state index is 14.5. The fourth-order valence-corrected chi connectivity index (χ4v) is 3.60. The van der Waals surface area contributed by atoms with Gasteiger partial charge in [0.05, 0.1) is 5.69 Å². The van der Waals surface area contributed by atoms with Gasteiger partial charge in [0.25, 0.3) is 0 Å². The summed E-state index contributed by atoms with van der Waals surface area (Å²) in [6.45, 7) is 10.6. The molecule has 3 rings (SSSR count). The van der Waals surface area contributed by atoms with E-state index in [1.54, 1.807) is 6.07 Å². The van der Waals surface area contributed by atoms with Gasteiger partial charge in [-0.15, -0.1) is 0 Å². The van der Waals surface area contributed by atoms with Gasteiger partial charge < -0.3 is 4.90 Å². The second-order valence-electron chi connectivity index (χ2n) is 7.55. The van der Waals surface area contributed by atoms with Crippen LogP contribution in [0.25, 0.3) is 0 Å². The van der Waals surface area contributed by atoms with Crippen LogP contribution in [0.5, 0.6) is 0 Å². The van der Waals surface area contributed by atoms with Crippen molar-refractivity contribution in [3.63, 3.8) is 0 Å². The molecular formula is C18H27FN2. The number of piperazine rings is 1. The summed E-state index contributed by atoms with van der Waals surface area (Å²) >= 11 is 0. The molecule has 0 radical (unpaired) electrons. The molecule has 0 N–H and O–H groups in total. The van der Waals surface area contributed by atoms with Gasteiger partial charge in [0, 0.05) is 25.7 Å². The van der Waals surface area contributed by atoms with Crippen molar-refractivity contribution in [1.29, 1.82) is 0 Å². The van der Waals surface area contributed by atoms with Gasteiger partial charge in [0.15, 0.2) is 0 Å². The van der Waals surface area contributed by atoms with E-state index in [0.29, 0.717) is 6.04 Å². The van der Waals surface area contributed by atoms with Crippen molar-refractivity contribution in [1.82, 2.24) is 4.90 Å². The molecule has 2 nitrogen and oxygen atoms in total. The van der Waals surface area contributed by atoms with Crippen molar-refractivity contribution < 1.29 is 4.39 Å². The number of fused-ring (bicyclic) bond motifs is 1. The second-order valence-corrected chi connectivity index (χ2v) is 7.55. The van der Waals surface area contributed by atoms with Gasteiger partial charge in [-0.1, -0.05) is 33.3 Å². The maximum Gasteiger partial charge on any atom is 0.146 e. The van der Waals surface area contributed by atoms with Gasteiger partial charge in [0.2, 0.25) is 0 Å². The lowest BCUT2D eigenvalue weighted by Gasteiger charge is -2.45. The average Bonchev–Trinajstić information content (AvgIpc) is 2.45. The molecule has 0 bridgehead atoms. The maximum absolute atomic E-state index is 14.5. The van der Waals surface area contributed by atoms with Crippen LogP contribution >= 0.6 is 0 Å². The highest BCUT2D eigenvalue weighted by atomic mass is 19.1. The van der Waals surface area contributed by atoms with E-state index in [4.69, 9.17) is 0 Å². The third-order valence-electron chi connectivity index (χ3n) is 4.99. The van der Waals surface area contributed by atoms with Crippen LogP contribution in [0.1, 0.15) is 45.6 Å². The van der Waals surface area contributed by atoms with Crippen molar-refractivity contribution in [2.45, 2.75) is 51.5 Å². The molecule has 1 aromatic carbocycles. The van der Waals surface area contributed by atoms with Crippen LogP contribution in [0.4, 0.5) is 10.1 Å². The Morgan fingerprint density at radius 1 is 1.10 bits per heavy atom. The number of halogens is 1. The molecule has 116 valence electrons. The third kappa shape index (κ3) is 3.08. The van der Waals surface area contributed by atoms with E-state index in [9.17, 15) is 4.39 Å². The molecule has 0 aliphatic carbocycles. The molecule has 2 aliphatic rings. The highest BCUT2D eigenvalue weighted by Crippen LogP contribution is 2.30. The summed E-state index contributed by atoms with van der Waals surface area (Å²) in [6, 6.07) is 6.41. The SMILES string of the molecule is CC(C)(C)c1ccc(N2CCN3CCCCC3C2)c(F)c1. The summed E-state index contributed by atoms with van der Waals surface area (Å²) in [6.07, 6.45) is 3.91. The van der Waals surface area contributed by atoms with E-state index >= 15 is 0 Å². The Balaban J connectivity index is 1.78. The van der Waals surface area contributed by atoms with Crippen LogP contribution in [0.15, 0.2) is 18.2 Å². The first kappa shape index (κ1) is 14.8. The second kappa shape index (κ2) is 5.60. The number of anilines is 1. The Kier molecular flexibility index (Phi) is 3.96. The molecule has 2 saturated heterocycles. The first-order valence-corrected chi connectivity index (χ1v) is 8.24. The van der Waals surface area contributed by atoms with Crippen LogP contribution in [0, 0.1) is 5.82 Å². The van der Waals surface area contributed by atoms with E-state index in [0.717, 1.165) is 30.9 Å². The average molecular weight is 290 g/mol. The van der Waals surface area contributed by atoms with Gasteiger partial charge in [-0.05, 0) is 42.5 Å². The summed E-state index contributed by atoms with van der Waals surface area (Å²) in [7, 11) is 0. The predicted octanol–water partition coefficient (Wildman–Crippen LogP) is 3.80. The molecule has 0 amide bonds. The summed E-state index contributed by atoms with van der Waals surface area (Å²) in [4.78, 5) is 4.83. The van der Waals surface area contributed by atoms with Crippen LogP contribution < -0.4 is 4.90 Å². The highest BCUT2D eigenvalue weighted by molar-refractivity contribution is 5.50. The fourth-order valence-electron chi connectivity index (χ4n) is 3.60. The standard InChI is InChI=1S/C18H27FN2/c1-18(2,3)14-7-8-17(16(19)12-14)21-11-10-20-9-5-4-6-15(20)13-21/h7-8,12,15H,4-6,9-11,13H2,1-3H3. The first-order valence-electron chi connectivity index (χ1n) is 8.24. The van der Waals surface area contributed by atoms with Gasteiger partial charge in [-0.2, -0.15) is 0 Å². The van der Waals surface area contributed by atoms with Crippen molar-refractivity contribution >= 4 is 5.69 Å². The zero-order valence-corrected chi connectivity index (χ0v) is 13.5. The molecule has 1 atom stereocenters. The molecule has 1 unspecified atom stereocenters. The molecule has 0 spiro atoms. The van der Waals surface area contributed by atoms with E-state index < -0.39 is 0 Å². The zero-order valence-electron chi connectivity index (χ0n) is 13.5. The number of hydrogen-bond donors (Lipinski definition) is 0. The van der Waals surface area contributed by atoms with Crippen LogP contribution in [-0.2, 0) is 5.41 Å². The van der Waals surface area contributed by atoms with E-state index in [1.807, 2.05) is 6.07 Å². The van der Waals surface area contributed by atoms with E-state index in [2.05, 4.69) is 36.6 Å². The number of piperidine rings is 1. The molecule has 21 heavy (non-hydrogen) atoms. The van der Waals surface area contributed by atoms with Crippen molar-refractivity contribution in [2.75, 3.05) is 31.1 Å². The topological polar surface area (TPSA) is 6.48 Å². The first-order chi connectivity index (χ1) is 9.95. The summed E-state index contributed by atoms with van der Waals surface area (Å²) in [5.74, 6) is -0.0633. The van der Waals surface area contributed by atoms with Crippen LogP contribution in [-0.4, -0.2) is 37.1 Å². The Labute approximate surface area is 127 Å². The zero-order chi connectivity index (χ0) is 15.0. The minimum absolute atomic E-state index is 0.00143. The van der Waals surface area contributed by atoms with E-state index in [1.165, 1.54) is 25.8 Å². The number of rotatable bonds is 1. The van der Waals surface area contributed by atoms with Crippen molar-refractivity contribution in [2.24, 2.45) is 0 Å². The van der Waals surface area contributed by atoms with Crippen molar-refractivity contribution in [3.8, 4) is 0 Å².